The smallest absolute Gasteiger partial charge is 0.411 e. The molecule has 1 aliphatic heterocycles. The third-order valence-corrected chi connectivity index (χ3v) is 6.66. The fourth-order valence-electron chi connectivity index (χ4n) is 3.69. The molecule has 1 aliphatic rings. The molecule has 0 bridgehead atoms. The molecule has 0 N–H and O–H groups in total. The number of unbranched alkanes of at least 4 members (excludes halogenated alkanes) is 6. The van der Waals surface area contributed by atoms with Gasteiger partial charge in [-0.1, -0.05) is 68.2 Å². The molecule has 2 unspecified atom stereocenters. The topological polar surface area (TPSA) is 55.8 Å². The van der Waals surface area contributed by atoms with Crippen LogP contribution in [0.1, 0.15) is 83.1 Å². The highest BCUT2D eigenvalue weighted by atomic mass is 32.2. The SMILES string of the molecule is COC(=O)CCCCCCCC/C=C/C1CSC(c2ccccc2)N1C(=O)OC(C)(C)C. The fourth-order valence-corrected chi connectivity index (χ4v) is 5.09. The number of amides is 1. The summed E-state index contributed by atoms with van der Waals surface area (Å²) < 4.78 is 10.4. The Balaban J connectivity index is 1.80. The summed E-state index contributed by atoms with van der Waals surface area (Å²) in [5.41, 5.74) is 0.614. The molecule has 178 valence electrons. The highest BCUT2D eigenvalue weighted by molar-refractivity contribution is 7.99. The van der Waals surface area contributed by atoms with Crippen molar-refractivity contribution in [3.05, 3.63) is 48.0 Å². The van der Waals surface area contributed by atoms with Gasteiger partial charge < -0.3 is 9.47 Å². The minimum Gasteiger partial charge on any atom is -0.469 e. The van der Waals surface area contributed by atoms with Crippen LogP contribution in [-0.2, 0) is 14.3 Å². The van der Waals surface area contributed by atoms with Gasteiger partial charge in [0.05, 0.1) is 13.2 Å². The summed E-state index contributed by atoms with van der Waals surface area (Å²) in [5.74, 6) is 0.755. The Morgan fingerprint density at radius 3 is 2.38 bits per heavy atom. The fraction of sp³-hybridized carbons (Fsp3) is 0.615. The van der Waals surface area contributed by atoms with Crippen LogP contribution < -0.4 is 0 Å². The van der Waals surface area contributed by atoms with E-state index < -0.39 is 5.60 Å². The Kier molecular flexibility index (Phi) is 11.1. The first-order valence-corrected chi connectivity index (χ1v) is 12.8. The molecule has 6 heteroatoms. The molecule has 1 amide bonds. The summed E-state index contributed by atoms with van der Waals surface area (Å²) in [6.45, 7) is 5.73. The monoisotopic (exact) mass is 461 g/mol. The van der Waals surface area contributed by atoms with Crippen molar-refractivity contribution in [2.45, 2.75) is 89.2 Å². The zero-order chi connectivity index (χ0) is 23.4. The number of benzene rings is 1. The van der Waals surface area contributed by atoms with Crippen LogP contribution in [0.2, 0.25) is 0 Å². The maximum Gasteiger partial charge on any atom is 0.411 e. The molecule has 1 heterocycles. The molecule has 1 saturated heterocycles. The summed E-state index contributed by atoms with van der Waals surface area (Å²) in [6.07, 6.45) is 12.3. The van der Waals surface area contributed by atoms with Crippen molar-refractivity contribution >= 4 is 23.8 Å². The second-order valence-electron chi connectivity index (χ2n) is 9.22. The van der Waals surface area contributed by atoms with Gasteiger partial charge in [-0.15, -0.1) is 11.8 Å². The largest absolute Gasteiger partial charge is 0.469 e. The normalized spacial score (nSPS) is 18.8. The number of carbonyl (C=O) groups excluding carboxylic acids is 2. The molecular weight excluding hydrogens is 422 g/mol. The van der Waals surface area contributed by atoms with E-state index in [1.807, 2.05) is 43.9 Å². The number of methoxy groups -OCH3 is 1. The number of allylic oxidation sites excluding steroid dienone is 1. The number of carbonyl (C=O) groups is 2. The Labute approximate surface area is 197 Å². The molecule has 2 atom stereocenters. The van der Waals surface area contributed by atoms with Gasteiger partial charge in [-0.25, -0.2) is 4.79 Å². The van der Waals surface area contributed by atoms with Gasteiger partial charge in [-0.05, 0) is 45.6 Å². The van der Waals surface area contributed by atoms with Crippen LogP contribution in [0, 0.1) is 0 Å². The molecule has 1 aromatic rings. The van der Waals surface area contributed by atoms with Gasteiger partial charge in [0.2, 0.25) is 0 Å². The van der Waals surface area contributed by atoms with Crippen molar-refractivity contribution in [2.75, 3.05) is 12.9 Å². The number of hydrogen-bond donors (Lipinski definition) is 0. The summed E-state index contributed by atoms with van der Waals surface area (Å²) in [7, 11) is 1.44. The first kappa shape index (κ1) is 26.3. The number of hydrogen-bond acceptors (Lipinski definition) is 5. The van der Waals surface area contributed by atoms with Crippen molar-refractivity contribution in [3.8, 4) is 0 Å². The average molecular weight is 462 g/mol. The molecule has 5 nitrogen and oxygen atoms in total. The summed E-state index contributed by atoms with van der Waals surface area (Å²) >= 11 is 1.79. The van der Waals surface area contributed by atoms with Crippen LogP contribution in [0.25, 0.3) is 0 Å². The number of ether oxygens (including phenoxy) is 2. The van der Waals surface area contributed by atoms with Crippen LogP contribution in [0.5, 0.6) is 0 Å². The first-order chi connectivity index (χ1) is 15.3. The van der Waals surface area contributed by atoms with Gasteiger partial charge in [-0.2, -0.15) is 0 Å². The molecule has 2 rings (SSSR count). The van der Waals surface area contributed by atoms with Crippen molar-refractivity contribution in [1.29, 1.82) is 0 Å². The van der Waals surface area contributed by atoms with Crippen LogP contribution in [0.4, 0.5) is 4.79 Å². The Hall–Kier alpha value is -1.95. The van der Waals surface area contributed by atoms with E-state index in [2.05, 4.69) is 29.0 Å². The van der Waals surface area contributed by atoms with Crippen LogP contribution in [0.3, 0.4) is 0 Å². The van der Waals surface area contributed by atoms with Gasteiger partial charge >= 0.3 is 12.1 Å². The van der Waals surface area contributed by atoms with Gasteiger partial charge in [-0.3, -0.25) is 9.69 Å². The van der Waals surface area contributed by atoms with E-state index in [0.717, 1.165) is 43.4 Å². The van der Waals surface area contributed by atoms with E-state index in [9.17, 15) is 9.59 Å². The lowest BCUT2D eigenvalue weighted by Gasteiger charge is -2.31. The summed E-state index contributed by atoms with van der Waals surface area (Å²) in [6, 6.07) is 10.2. The average Bonchev–Trinajstić information content (AvgIpc) is 3.18. The number of rotatable bonds is 11. The van der Waals surface area contributed by atoms with E-state index in [0.29, 0.717) is 6.42 Å². The van der Waals surface area contributed by atoms with E-state index >= 15 is 0 Å². The molecule has 0 aliphatic carbocycles. The van der Waals surface area contributed by atoms with E-state index in [1.54, 1.807) is 11.8 Å². The van der Waals surface area contributed by atoms with Gasteiger partial charge in [0, 0.05) is 12.2 Å². The molecule has 0 aromatic heterocycles. The Morgan fingerprint density at radius 1 is 1.06 bits per heavy atom. The molecular formula is C26H39NO4S. The number of esters is 1. The third kappa shape index (κ3) is 9.27. The summed E-state index contributed by atoms with van der Waals surface area (Å²) in [4.78, 5) is 26.0. The number of nitrogens with zero attached hydrogens (tertiary/aromatic N) is 1. The number of thioether (sulfide) groups is 1. The van der Waals surface area contributed by atoms with E-state index in [1.165, 1.54) is 20.0 Å². The van der Waals surface area contributed by atoms with Gasteiger partial charge in [0.15, 0.2) is 0 Å². The lowest BCUT2D eigenvalue weighted by molar-refractivity contribution is -0.140. The van der Waals surface area contributed by atoms with Crippen molar-refractivity contribution in [3.63, 3.8) is 0 Å². The highest BCUT2D eigenvalue weighted by Gasteiger charge is 2.39. The van der Waals surface area contributed by atoms with E-state index in [4.69, 9.17) is 4.74 Å². The second kappa shape index (κ2) is 13.6. The van der Waals surface area contributed by atoms with Crippen molar-refractivity contribution in [2.24, 2.45) is 0 Å². The Bertz CT molecular complexity index is 729. The summed E-state index contributed by atoms with van der Waals surface area (Å²) in [5, 5.41) is -0.0225. The molecule has 32 heavy (non-hydrogen) atoms. The first-order valence-electron chi connectivity index (χ1n) is 11.7. The van der Waals surface area contributed by atoms with Crippen molar-refractivity contribution < 1.29 is 19.1 Å². The molecule has 0 radical (unpaired) electrons. The Morgan fingerprint density at radius 2 is 1.72 bits per heavy atom. The molecule has 1 aromatic carbocycles. The van der Waals surface area contributed by atoms with Gasteiger partial charge in [0.25, 0.3) is 0 Å². The van der Waals surface area contributed by atoms with Crippen LogP contribution in [-0.4, -0.2) is 41.5 Å². The maximum atomic E-state index is 13.0. The minimum atomic E-state index is -0.517. The quantitative estimate of drug-likeness (QED) is 0.204. The zero-order valence-corrected chi connectivity index (χ0v) is 20.9. The second-order valence-corrected chi connectivity index (χ2v) is 10.3. The predicted octanol–water partition coefficient (Wildman–Crippen LogP) is 6.89. The minimum absolute atomic E-state index is 0.0225. The lowest BCUT2D eigenvalue weighted by atomic mass is 10.1. The van der Waals surface area contributed by atoms with Crippen molar-refractivity contribution in [1.82, 2.24) is 4.90 Å². The zero-order valence-electron chi connectivity index (χ0n) is 20.0. The molecule has 0 spiro atoms. The third-order valence-electron chi connectivity index (χ3n) is 5.31. The standard InChI is InChI=1S/C26H39NO4S/c1-26(2,3)31-25(29)27-22(20-32-24(27)21-16-12-11-13-17-21)18-14-9-7-5-6-8-10-15-19-23(28)30-4/h11-14,16-18,22,24H,5-10,15,19-20H2,1-4H3/b18-14+. The molecule has 0 saturated carbocycles. The van der Waals surface area contributed by atoms with Crippen LogP contribution >= 0.6 is 11.8 Å². The predicted molar refractivity (Wildman–Crippen MR) is 132 cm³/mol. The van der Waals surface area contributed by atoms with E-state index in [-0.39, 0.29) is 23.5 Å². The van der Waals surface area contributed by atoms with Crippen LogP contribution in [0.15, 0.2) is 42.5 Å². The maximum absolute atomic E-state index is 13.0. The molecule has 1 fully saturated rings. The lowest BCUT2D eigenvalue weighted by Crippen LogP contribution is -2.40. The van der Waals surface area contributed by atoms with Gasteiger partial charge in [0.1, 0.15) is 11.0 Å². The highest BCUT2D eigenvalue weighted by Crippen LogP contribution is 2.42.